The van der Waals surface area contributed by atoms with Crippen molar-refractivity contribution in [1.82, 2.24) is 4.98 Å². The van der Waals surface area contributed by atoms with Gasteiger partial charge >= 0.3 is 5.97 Å². The third kappa shape index (κ3) is 3.00. The van der Waals surface area contributed by atoms with Crippen molar-refractivity contribution in [3.63, 3.8) is 0 Å². The first-order valence-electron chi connectivity index (χ1n) is 6.57. The summed E-state index contributed by atoms with van der Waals surface area (Å²) in [6, 6.07) is 3.42. The number of carboxylic acids is 1. The zero-order valence-corrected chi connectivity index (χ0v) is 11.0. The Kier molecular flexibility index (Phi) is 3.84. The van der Waals surface area contributed by atoms with Gasteiger partial charge in [-0.3, -0.25) is 0 Å². The van der Waals surface area contributed by atoms with Gasteiger partial charge in [-0.1, -0.05) is 6.92 Å². The molecule has 4 nitrogen and oxygen atoms in total. The smallest absolute Gasteiger partial charge is 0.339 e. The van der Waals surface area contributed by atoms with Gasteiger partial charge in [0.1, 0.15) is 11.4 Å². The summed E-state index contributed by atoms with van der Waals surface area (Å²) in [7, 11) is 0. The molecule has 98 valence electrons. The van der Waals surface area contributed by atoms with Gasteiger partial charge in [-0.15, -0.1) is 0 Å². The minimum absolute atomic E-state index is 0.315. The first-order valence-corrected chi connectivity index (χ1v) is 6.57. The second kappa shape index (κ2) is 5.38. The number of aromatic carboxylic acids is 1. The molecule has 4 heteroatoms. The maximum atomic E-state index is 11.3. The Morgan fingerprint density at radius 1 is 1.50 bits per heavy atom. The van der Waals surface area contributed by atoms with Crippen LogP contribution in [0.5, 0.6) is 0 Å². The molecule has 1 aromatic rings. The molecule has 1 fully saturated rings. The van der Waals surface area contributed by atoms with E-state index in [0.717, 1.165) is 31.1 Å². The van der Waals surface area contributed by atoms with Crippen molar-refractivity contribution in [3.05, 3.63) is 23.4 Å². The maximum Gasteiger partial charge on any atom is 0.339 e. The molecule has 2 rings (SSSR count). The summed E-state index contributed by atoms with van der Waals surface area (Å²) in [5, 5.41) is 9.26. The highest BCUT2D eigenvalue weighted by Gasteiger charge is 2.26. The van der Waals surface area contributed by atoms with Gasteiger partial charge in [-0.2, -0.15) is 0 Å². The van der Waals surface area contributed by atoms with Crippen molar-refractivity contribution in [2.45, 2.75) is 33.1 Å². The van der Waals surface area contributed by atoms with Gasteiger partial charge in [0.2, 0.25) is 0 Å². The van der Waals surface area contributed by atoms with Gasteiger partial charge in [-0.25, -0.2) is 9.78 Å². The Balaban J connectivity index is 2.30. The van der Waals surface area contributed by atoms with E-state index in [1.807, 2.05) is 6.92 Å². The number of hydrogen-bond acceptors (Lipinski definition) is 3. The van der Waals surface area contributed by atoms with Crippen LogP contribution in [0.2, 0.25) is 0 Å². The molecule has 18 heavy (non-hydrogen) atoms. The molecule has 0 spiro atoms. The Hall–Kier alpha value is -1.58. The van der Waals surface area contributed by atoms with Crippen LogP contribution in [0.25, 0.3) is 0 Å². The lowest BCUT2D eigenvalue weighted by Gasteiger charge is -2.24. The number of nitrogens with zero attached hydrogens (tertiary/aromatic N) is 2. The predicted octanol–water partition coefficient (Wildman–Crippen LogP) is 2.71. The summed E-state index contributed by atoms with van der Waals surface area (Å²) in [6.07, 6.45) is 3.52. The van der Waals surface area contributed by atoms with Gasteiger partial charge in [0.05, 0.1) is 0 Å². The van der Waals surface area contributed by atoms with Crippen LogP contribution in [0.1, 0.15) is 42.2 Å². The van der Waals surface area contributed by atoms with Crippen molar-refractivity contribution >= 4 is 11.8 Å². The molecule has 1 aliphatic carbocycles. The Morgan fingerprint density at radius 3 is 2.78 bits per heavy atom. The zero-order chi connectivity index (χ0) is 13.1. The predicted molar refractivity (Wildman–Crippen MR) is 71.2 cm³/mol. The lowest BCUT2D eigenvalue weighted by molar-refractivity contribution is 0.0697. The fourth-order valence-electron chi connectivity index (χ4n) is 2.12. The summed E-state index contributed by atoms with van der Waals surface area (Å²) < 4.78 is 0. The molecule has 0 aromatic carbocycles. The Bertz CT molecular complexity index is 441. The van der Waals surface area contributed by atoms with E-state index in [4.69, 9.17) is 0 Å². The molecule has 0 radical (unpaired) electrons. The minimum atomic E-state index is -0.894. The SMILES string of the molecule is CCCN(CC1CC1)c1nc(C)ccc1C(=O)O. The lowest BCUT2D eigenvalue weighted by atomic mass is 10.2. The number of aromatic nitrogens is 1. The number of anilines is 1. The average molecular weight is 248 g/mol. The molecule has 0 unspecified atom stereocenters. The first kappa shape index (κ1) is 12.9. The molecule has 0 aliphatic heterocycles. The summed E-state index contributed by atoms with van der Waals surface area (Å²) in [5.41, 5.74) is 1.18. The monoisotopic (exact) mass is 248 g/mol. The molecule has 0 bridgehead atoms. The second-order valence-corrected chi connectivity index (χ2v) is 5.02. The van der Waals surface area contributed by atoms with Crippen LogP contribution >= 0.6 is 0 Å². The second-order valence-electron chi connectivity index (χ2n) is 5.02. The normalized spacial score (nSPS) is 14.6. The van der Waals surface area contributed by atoms with E-state index in [-0.39, 0.29) is 0 Å². The highest BCUT2D eigenvalue weighted by atomic mass is 16.4. The summed E-state index contributed by atoms with van der Waals surface area (Å²) in [5.74, 6) is 0.464. The van der Waals surface area contributed by atoms with E-state index in [2.05, 4.69) is 16.8 Å². The average Bonchev–Trinajstić information content (AvgIpc) is 3.12. The van der Waals surface area contributed by atoms with E-state index < -0.39 is 5.97 Å². The summed E-state index contributed by atoms with van der Waals surface area (Å²) in [6.45, 7) is 5.81. The molecule has 1 heterocycles. The van der Waals surface area contributed by atoms with Gasteiger partial charge < -0.3 is 10.0 Å². The van der Waals surface area contributed by atoms with Crippen molar-refractivity contribution < 1.29 is 9.90 Å². The number of carboxylic acid groups (broad SMARTS) is 1. The first-order chi connectivity index (χ1) is 8.61. The number of hydrogen-bond donors (Lipinski definition) is 1. The van der Waals surface area contributed by atoms with E-state index >= 15 is 0 Å². The van der Waals surface area contributed by atoms with Crippen LogP contribution in [0.3, 0.4) is 0 Å². The number of pyridine rings is 1. The van der Waals surface area contributed by atoms with Crippen molar-refractivity contribution in [1.29, 1.82) is 0 Å². The molecule has 1 aromatic heterocycles. The quantitative estimate of drug-likeness (QED) is 0.841. The van der Waals surface area contributed by atoms with Gasteiger partial charge in [-0.05, 0) is 44.2 Å². The van der Waals surface area contributed by atoms with E-state index in [9.17, 15) is 9.90 Å². The van der Waals surface area contributed by atoms with Crippen LogP contribution in [-0.2, 0) is 0 Å². The molecule has 1 saturated carbocycles. The van der Waals surface area contributed by atoms with Crippen LogP contribution in [0.4, 0.5) is 5.82 Å². The van der Waals surface area contributed by atoms with Crippen molar-refractivity contribution in [2.75, 3.05) is 18.0 Å². The summed E-state index contributed by atoms with van der Waals surface area (Å²) >= 11 is 0. The topological polar surface area (TPSA) is 53.4 Å². The van der Waals surface area contributed by atoms with Crippen molar-refractivity contribution in [3.8, 4) is 0 Å². The summed E-state index contributed by atoms with van der Waals surface area (Å²) in [4.78, 5) is 17.8. The van der Waals surface area contributed by atoms with Gasteiger partial charge in [0.15, 0.2) is 0 Å². The lowest BCUT2D eigenvalue weighted by Crippen LogP contribution is -2.29. The molecule has 0 atom stereocenters. The highest BCUT2D eigenvalue weighted by Crippen LogP contribution is 2.32. The fourth-order valence-corrected chi connectivity index (χ4v) is 2.12. The van der Waals surface area contributed by atoms with Crippen LogP contribution in [0.15, 0.2) is 12.1 Å². The number of rotatable bonds is 6. The largest absolute Gasteiger partial charge is 0.478 e. The zero-order valence-electron chi connectivity index (χ0n) is 11.0. The van der Waals surface area contributed by atoms with E-state index in [0.29, 0.717) is 11.4 Å². The Morgan fingerprint density at radius 2 is 2.22 bits per heavy atom. The number of carbonyl (C=O) groups is 1. The van der Waals surface area contributed by atoms with Crippen LogP contribution in [0, 0.1) is 12.8 Å². The van der Waals surface area contributed by atoms with E-state index in [1.165, 1.54) is 12.8 Å². The third-order valence-corrected chi connectivity index (χ3v) is 3.21. The third-order valence-electron chi connectivity index (χ3n) is 3.21. The maximum absolute atomic E-state index is 11.3. The molecule has 0 amide bonds. The standard InChI is InChI=1S/C14H20N2O2/c1-3-8-16(9-11-5-6-11)13-12(14(17)18)7-4-10(2)15-13/h4,7,11H,3,5-6,8-9H2,1-2H3,(H,17,18). The molecular weight excluding hydrogens is 228 g/mol. The molecule has 1 N–H and O–H groups in total. The minimum Gasteiger partial charge on any atom is -0.478 e. The van der Waals surface area contributed by atoms with Crippen LogP contribution < -0.4 is 4.90 Å². The molecular formula is C14H20N2O2. The van der Waals surface area contributed by atoms with Crippen molar-refractivity contribution in [2.24, 2.45) is 5.92 Å². The highest BCUT2D eigenvalue weighted by molar-refractivity contribution is 5.93. The Labute approximate surface area is 108 Å². The fraction of sp³-hybridized carbons (Fsp3) is 0.571. The van der Waals surface area contributed by atoms with Gasteiger partial charge in [0.25, 0.3) is 0 Å². The molecule has 0 saturated heterocycles. The van der Waals surface area contributed by atoms with Gasteiger partial charge in [0, 0.05) is 18.8 Å². The van der Waals surface area contributed by atoms with E-state index in [1.54, 1.807) is 12.1 Å². The van der Waals surface area contributed by atoms with Crippen LogP contribution in [-0.4, -0.2) is 29.1 Å². The molecule has 1 aliphatic rings. The number of aryl methyl sites for hydroxylation is 1.